The fourth-order valence-corrected chi connectivity index (χ4v) is 3.15. The van der Waals surface area contributed by atoms with Crippen LogP contribution in [0.25, 0.3) is 0 Å². The van der Waals surface area contributed by atoms with E-state index < -0.39 is 0 Å². The van der Waals surface area contributed by atoms with Gasteiger partial charge in [0.25, 0.3) is 5.91 Å². The Morgan fingerprint density at radius 1 is 1.24 bits per heavy atom. The number of amides is 1. The maximum Gasteiger partial charge on any atom is 0.279 e. The number of quaternary nitrogens is 1. The second-order valence-corrected chi connectivity index (χ2v) is 7.02. The summed E-state index contributed by atoms with van der Waals surface area (Å²) in [7, 11) is 1.89. The third-order valence-corrected chi connectivity index (χ3v) is 4.82. The summed E-state index contributed by atoms with van der Waals surface area (Å²) < 4.78 is 1.79. The van der Waals surface area contributed by atoms with E-state index in [0.717, 1.165) is 23.5 Å². The van der Waals surface area contributed by atoms with Gasteiger partial charge in [-0.3, -0.25) is 9.48 Å². The van der Waals surface area contributed by atoms with Crippen molar-refractivity contribution >= 4 is 11.6 Å². The number of rotatable bonds is 7. The Morgan fingerprint density at radius 2 is 1.88 bits per heavy atom. The number of aryl methyl sites for hydroxylation is 3. The highest BCUT2D eigenvalue weighted by Crippen LogP contribution is 2.19. The highest BCUT2D eigenvalue weighted by atomic mass is 16.1. The molecule has 1 amide bonds. The molecule has 0 saturated carbocycles. The van der Waals surface area contributed by atoms with Crippen molar-refractivity contribution in [2.45, 2.75) is 47.1 Å². The molecule has 0 spiro atoms. The largest absolute Gasteiger partial charge is 0.332 e. The van der Waals surface area contributed by atoms with E-state index in [-0.39, 0.29) is 11.9 Å². The number of hydrogen-bond donors (Lipinski definition) is 2. The van der Waals surface area contributed by atoms with Gasteiger partial charge in [-0.1, -0.05) is 45.0 Å². The maximum absolute atomic E-state index is 12.4. The second kappa shape index (κ2) is 8.30. The van der Waals surface area contributed by atoms with E-state index >= 15 is 0 Å². The van der Waals surface area contributed by atoms with Gasteiger partial charge in [-0.25, -0.2) is 0 Å². The molecule has 2 rings (SSSR count). The molecule has 3 N–H and O–H groups in total. The van der Waals surface area contributed by atoms with Crippen molar-refractivity contribution in [3.05, 3.63) is 46.8 Å². The lowest BCUT2D eigenvalue weighted by Crippen LogP contribution is -2.88. The topological polar surface area (TPSA) is 63.5 Å². The van der Waals surface area contributed by atoms with Crippen molar-refractivity contribution in [1.29, 1.82) is 0 Å². The first-order valence-electron chi connectivity index (χ1n) is 9.05. The van der Waals surface area contributed by atoms with Crippen LogP contribution in [-0.4, -0.2) is 22.2 Å². The molecule has 0 aliphatic carbocycles. The normalized spacial score (nSPS) is 12.4. The van der Waals surface area contributed by atoms with E-state index in [1.54, 1.807) is 4.68 Å². The first-order valence-corrected chi connectivity index (χ1v) is 9.05. The quantitative estimate of drug-likeness (QED) is 0.811. The zero-order valence-electron chi connectivity index (χ0n) is 16.3. The number of nitrogens with zero attached hydrogens (tertiary/aromatic N) is 2. The van der Waals surface area contributed by atoms with Gasteiger partial charge in [0, 0.05) is 18.5 Å². The summed E-state index contributed by atoms with van der Waals surface area (Å²) in [5.41, 5.74) is 5.26. The van der Waals surface area contributed by atoms with Crippen LogP contribution >= 0.6 is 0 Å². The van der Waals surface area contributed by atoms with Gasteiger partial charge in [0.15, 0.2) is 6.54 Å². The van der Waals surface area contributed by atoms with Crippen molar-refractivity contribution in [2.24, 2.45) is 13.0 Å². The molecule has 0 fully saturated rings. The Balaban J connectivity index is 2.01. The molecule has 0 aliphatic rings. The standard InChI is InChI=1S/C20H30N4O/c1-7-16-8-10-17(11-9-16)19(13(2)3)21-12-18(25)22-20-14(4)23-24(6)15(20)5/h8-11,13,19,21H,7,12H2,1-6H3,(H,22,25)/p+1/t19-/m0/s1. The molecule has 5 heteroatoms. The third kappa shape index (κ3) is 4.69. The minimum absolute atomic E-state index is 0.00929. The van der Waals surface area contributed by atoms with E-state index in [4.69, 9.17) is 0 Å². The summed E-state index contributed by atoms with van der Waals surface area (Å²) in [6, 6.07) is 9.01. The van der Waals surface area contributed by atoms with Crippen molar-refractivity contribution in [1.82, 2.24) is 9.78 Å². The lowest BCUT2D eigenvalue weighted by molar-refractivity contribution is -0.692. The molecule has 1 aromatic carbocycles. The van der Waals surface area contributed by atoms with Gasteiger partial charge in [-0.15, -0.1) is 0 Å². The van der Waals surface area contributed by atoms with Crippen molar-refractivity contribution in [2.75, 3.05) is 11.9 Å². The van der Waals surface area contributed by atoms with Crippen molar-refractivity contribution < 1.29 is 10.1 Å². The van der Waals surface area contributed by atoms with Crippen LogP contribution in [0.15, 0.2) is 24.3 Å². The highest BCUT2D eigenvalue weighted by molar-refractivity contribution is 5.92. The monoisotopic (exact) mass is 343 g/mol. The number of hydrogen-bond acceptors (Lipinski definition) is 2. The molecular formula is C20H31N4O+. The molecular weight excluding hydrogens is 312 g/mol. The lowest BCUT2D eigenvalue weighted by atomic mass is 9.95. The average molecular weight is 343 g/mol. The smallest absolute Gasteiger partial charge is 0.279 e. The fourth-order valence-electron chi connectivity index (χ4n) is 3.15. The average Bonchev–Trinajstić information content (AvgIpc) is 2.81. The number of benzene rings is 1. The van der Waals surface area contributed by atoms with E-state index in [1.165, 1.54) is 11.1 Å². The molecule has 5 nitrogen and oxygen atoms in total. The number of nitrogens with two attached hydrogens (primary N) is 1. The van der Waals surface area contributed by atoms with E-state index in [1.807, 2.05) is 20.9 Å². The van der Waals surface area contributed by atoms with Gasteiger partial charge in [-0.05, 0) is 25.8 Å². The number of carbonyl (C=O) groups is 1. The molecule has 0 unspecified atom stereocenters. The molecule has 2 aromatic rings. The second-order valence-electron chi connectivity index (χ2n) is 7.02. The highest BCUT2D eigenvalue weighted by Gasteiger charge is 2.21. The Labute approximate surface area is 150 Å². The van der Waals surface area contributed by atoms with Gasteiger partial charge in [0.2, 0.25) is 0 Å². The predicted octanol–water partition coefficient (Wildman–Crippen LogP) is 2.50. The molecule has 0 aliphatic heterocycles. The van der Waals surface area contributed by atoms with Crippen molar-refractivity contribution in [3.63, 3.8) is 0 Å². The number of aromatic nitrogens is 2. The number of nitrogens with one attached hydrogen (secondary N) is 1. The van der Waals surface area contributed by atoms with Crippen LogP contribution in [0.4, 0.5) is 5.69 Å². The Hall–Kier alpha value is -2.14. The Kier molecular flexibility index (Phi) is 6.37. The first-order chi connectivity index (χ1) is 11.8. The van der Waals surface area contributed by atoms with Crippen LogP contribution in [0.2, 0.25) is 0 Å². The van der Waals surface area contributed by atoms with Gasteiger partial charge in [0.1, 0.15) is 6.04 Å². The number of carbonyl (C=O) groups excluding carboxylic acids is 1. The van der Waals surface area contributed by atoms with Crippen molar-refractivity contribution in [3.8, 4) is 0 Å². The minimum Gasteiger partial charge on any atom is -0.332 e. The third-order valence-electron chi connectivity index (χ3n) is 4.82. The molecule has 0 bridgehead atoms. The van der Waals surface area contributed by atoms with Crippen LogP contribution in [0.3, 0.4) is 0 Å². The SMILES string of the molecule is CCc1ccc([C@@H]([NH2+]CC(=O)Nc2c(C)nn(C)c2C)C(C)C)cc1. The first kappa shape index (κ1) is 19.2. The van der Waals surface area contributed by atoms with Crippen LogP contribution in [0.1, 0.15) is 49.3 Å². The fraction of sp³-hybridized carbons (Fsp3) is 0.500. The minimum atomic E-state index is 0.00929. The Morgan fingerprint density at radius 3 is 2.36 bits per heavy atom. The summed E-state index contributed by atoms with van der Waals surface area (Å²) in [4.78, 5) is 12.4. The van der Waals surface area contributed by atoms with Crippen LogP contribution in [0.5, 0.6) is 0 Å². The molecule has 1 heterocycles. The molecule has 1 aromatic heterocycles. The van der Waals surface area contributed by atoms with E-state index in [0.29, 0.717) is 12.5 Å². The van der Waals surface area contributed by atoms with Crippen LogP contribution in [0, 0.1) is 19.8 Å². The summed E-state index contributed by atoms with van der Waals surface area (Å²) >= 11 is 0. The summed E-state index contributed by atoms with van der Waals surface area (Å²) in [5.74, 6) is 0.456. The summed E-state index contributed by atoms with van der Waals surface area (Å²) in [6.07, 6.45) is 1.04. The zero-order valence-corrected chi connectivity index (χ0v) is 16.3. The van der Waals surface area contributed by atoms with Crippen LogP contribution in [-0.2, 0) is 18.3 Å². The summed E-state index contributed by atoms with van der Waals surface area (Å²) in [6.45, 7) is 10.8. The molecule has 0 saturated heterocycles. The lowest BCUT2D eigenvalue weighted by Gasteiger charge is -2.20. The molecule has 0 radical (unpaired) electrons. The molecule has 136 valence electrons. The van der Waals surface area contributed by atoms with E-state index in [2.05, 4.69) is 60.8 Å². The summed E-state index contributed by atoms with van der Waals surface area (Å²) in [5, 5.41) is 9.48. The molecule has 1 atom stereocenters. The zero-order chi connectivity index (χ0) is 18.6. The van der Waals surface area contributed by atoms with Crippen LogP contribution < -0.4 is 10.6 Å². The van der Waals surface area contributed by atoms with Gasteiger partial charge in [-0.2, -0.15) is 5.10 Å². The van der Waals surface area contributed by atoms with Gasteiger partial charge >= 0.3 is 0 Å². The molecule has 25 heavy (non-hydrogen) atoms. The van der Waals surface area contributed by atoms with E-state index in [9.17, 15) is 4.79 Å². The maximum atomic E-state index is 12.4. The van der Waals surface area contributed by atoms with Gasteiger partial charge < -0.3 is 10.6 Å². The Bertz CT molecular complexity index is 716. The van der Waals surface area contributed by atoms with Gasteiger partial charge in [0.05, 0.1) is 17.1 Å². The number of anilines is 1. The predicted molar refractivity (Wildman–Crippen MR) is 102 cm³/mol.